The van der Waals surface area contributed by atoms with Gasteiger partial charge in [-0.1, -0.05) is 0 Å². The van der Waals surface area contributed by atoms with Crippen molar-refractivity contribution in [3.05, 3.63) is 18.1 Å². The van der Waals surface area contributed by atoms with Crippen molar-refractivity contribution in [1.82, 2.24) is 14.9 Å². The molecule has 5 heteroatoms. The first-order chi connectivity index (χ1) is 8.28. The van der Waals surface area contributed by atoms with Crippen LogP contribution < -0.4 is 11.1 Å². The highest BCUT2D eigenvalue weighted by Crippen LogP contribution is 2.15. The molecule has 1 atom stereocenters. The predicted octanol–water partition coefficient (Wildman–Crippen LogP) is 0.689. The van der Waals surface area contributed by atoms with Crippen LogP contribution in [0, 0.1) is 5.92 Å². The average molecular weight is 235 g/mol. The summed E-state index contributed by atoms with van der Waals surface area (Å²) in [6.45, 7) is 3.76. The Kier molecular flexibility index (Phi) is 4.28. The summed E-state index contributed by atoms with van der Waals surface area (Å²) in [5.41, 5.74) is 5.52. The van der Waals surface area contributed by atoms with E-state index in [1.165, 1.54) is 25.9 Å². The topological polar surface area (TPSA) is 67.1 Å². The molecule has 0 bridgehead atoms. The van der Waals surface area contributed by atoms with E-state index in [9.17, 15) is 0 Å². The van der Waals surface area contributed by atoms with Crippen molar-refractivity contribution in [2.75, 3.05) is 32.0 Å². The second kappa shape index (κ2) is 5.93. The zero-order valence-corrected chi connectivity index (χ0v) is 10.4. The van der Waals surface area contributed by atoms with E-state index in [2.05, 4.69) is 27.2 Å². The van der Waals surface area contributed by atoms with Crippen molar-refractivity contribution < 1.29 is 0 Å². The number of anilines is 1. The quantitative estimate of drug-likeness (QED) is 0.803. The predicted molar refractivity (Wildman–Crippen MR) is 68.6 cm³/mol. The summed E-state index contributed by atoms with van der Waals surface area (Å²) in [4.78, 5) is 10.8. The molecule has 0 spiro atoms. The first kappa shape index (κ1) is 12.3. The highest BCUT2D eigenvalue weighted by Gasteiger charge is 2.16. The molecule has 1 aliphatic rings. The van der Waals surface area contributed by atoms with Gasteiger partial charge in [0.25, 0.3) is 0 Å². The number of nitrogens with zero attached hydrogens (tertiary/aromatic N) is 3. The average Bonchev–Trinajstić information content (AvgIpc) is 2.37. The van der Waals surface area contributed by atoms with Crippen LogP contribution in [0.4, 0.5) is 5.82 Å². The van der Waals surface area contributed by atoms with Crippen LogP contribution in [0.3, 0.4) is 0 Å². The monoisotopic (exact) mass is 235 g/mol. The maximum atomic E-state index is 5.52. The number of nitrogens with one attached hydrogen (secondary N) is 1. The minimum atomic E-state index is 0.391. The number of aromatic nitrogens is 2. The van der Waals surface area contributed by atoms with Crippen LogP contribution in [0.5, 0.6) is 0 Å². The minimum absolute atomic E-state index is 0.391. The van der Waals surface area contributed by atoms with E-state index >= 15 is 0 Å². The van der Waals surface area contributed by atoms with E-state index in [1.54, 1.807) is 6.20 Å². The molecule has 1 aliphatic heterocycles. The Morgan fingerprint density at radius 1 is 1.59 bits per heavy atom. The maximum Gasteiger partial charge on any atom is 0.144 e. The van der Waals surface area contributed by atoms with E-state index in [1.807, 2.05) is 6.07 Å². The molecule has 2 heterocycles. The number of hydrogen-bond acceptors (Lipinski definition) is 5. The van der Waals surface area contributed by atoms with Gasteiger partial charge in [0, 0.05) is 19.3 Å². The fourth-order valence-electron chi connectivity index (χ4n) is 2.28. The van der Waals surface area contributed by atoms with Crippen LogP contribution in [0.25, 0.3) is 0 Å². The first-order valence-corrected chi connectivity index (χ1v) is 6.22. The largest absolute Gasteiger partial charge is 0.370 e. The Morgan fingerprint density at radius 2 is 2.47 bits per heavy atom. The van der Waals surface area contributed by atoms with Crippen LogP contribution in [0.2, 0.25) is 0 Å². The van der Waals surface area contributed by atoms with Gasteiger partial charge in [-0.05, 0) is 38.4 Å². The lowest BCUT2D eigenvalue weighted by molar-refractivity contribution is 0.217. The normalized spacial score (nSPS) is 21.4. The van der Waals surface area contributed by atoms with E-state index in [-0.39, 0.29) is 0 Å². The molecule has 17 heavy (non-hydrogen) atoms. The first-order valence-electron chi connectivity index (χ1n) is 6.22. The van der Waals surface area contributed by atoms with Crippen LogP contribution in [-0.2, 0) is 6.54 Å². The molecule has 1 unspecified atom stereocenters. The fourth-order valence-corrected chi connectivity index (χ4v) is 2.28. The molecule has 0 saturated carbocycles. The molecular formula is C12H21N5. The minimum Gasteiger partial charge on any atom is -0.370 e. The van der Waals surface area contributed by atoms with Gasteiger partial charge in [0.2, 0.25) is 0 Å². The lowest BCUT2D eigenvalue weighted by Gasteiger charge is -2.29. The molecule has 5 nitrogen and oxygen atoms in total. The van der Waals surface area contributed by atoms with E-state index in [4.69, 9.17) is 5.73 Å². The smallest absolute Gasteiger partial charge is 0.144 e. The van der Waals surface area contributed by atoms with Crippen LogP contribution in [0.1, 0.15) is 18.7 Å². The van der Waals surface area contributed by atoms with Crippen molar-refractivity contribution in [2.24, 2.45) is 11.7 Å². The molecule has 1 fully saturated rings. The summed E-state index contributed by atoms with van der Waals surface area (Å²) in [6.07, 6.45) is 4.34. The molecule has 1 saturated heterocycles. The number of hydrogen-bond donors (Lipinski definition) is 2. The van der Waals surface area contributed by atoms with Gasteiger partial charge in [0.05, 0.1) is 6.54 Å². The second-order valence-electron chi connectivity index (χ2n) is 4.71. The van der Waals surface area contributed by atoms with Crippen molar-refractivity contribution in [2.45, 2.75) is 19.4 Å². The van der Waals surface area contributed by atoms with Crippen molar-refractivity contribution in [3.63, 3.8) is 0 Å². The summed E-state index contributed by atoms with van der Waals surface area (Å²) in [7, 11) is 2.18. The summed E-state index contributed by atoms with van der Waals surface area (Å²) in [5, 5.41) is 3.38. The number of nitrogens with two attached hydrogens (primary N) is 1. The fraction of sp³-hybridized carbons (Fsp3) is 0.667. The van der Waals surface area contributed by atoms with Gasteiger partial charge in [-0.25, -0.2) is 9.97 Å². The summed E-state index contributed by atoms with van der Waals surface area (Å²) in [6, 6.07) is 1.89. The second-order valence-corrected chi connectivity index (χ2v) is 4.71. The van der Waals surface area contributed by atoms with Gasteiger partial charge in [0.15, 0.2) is 0 Å². The molecule has 2 rings (SSSR count). The number of piperidine rings is 1. The van der Waals surface area contributed by atoms with E-state index in [0.29, 0.717) is 18.3 Å². The maximum absolute atomic E-state index is 5.52. The molecule has 0 aliphatic carbocycles. The van der Waals surface area contributed by atoms with Gasteiger partial charge in [-0.3, -0.25) is 0 Å². The molecule has 1 aromatic rings. The van der Waals surface area contributed by atoms with Gasteiger partial charge in [-0.15, -0.1) is 0 Å². The SMILES string of the molecule is CN1CCCC(CNc2ccnc(CN)n2)C1. The molecule has 1 aromatic heterocycles. The van der Waals surface area contributed by atoms with E-state index in [0.717, 1.165) is 12.4 Å². The zero-order valence-electron chi connectivity index (χ0n) is 10.4. The standard InChI is InChI=1S/C12H21N5/c1-17-6-2-3-10(9-17)8-15-11-4-5-14-12(7-13)16-11/h4-5,10H,2-3,6-9,13H2,1H3,(H,14,15,16). The molecule has 0 radical (unpaired) electrons. The molecule has 94 valence electrons. The molecular weight excluding hydrogens is 214 g/mol. The zero-order chi connectivity index (χ0) is 12.1. The van der Waals surface area contributed by atoms with Crippen LogP contribution >= 0.6 is 0 Å². The van der Waals surface area contributed by atoms with Gasteiger partial charge in [0.1, 0.15) is 11.6 Å². The van der Waals surface area contributed by atoms with E-state index < -0.39 is 0 Å². The Morgan fingerprint density at radius 3 is 3.24 bits per heavy atom. The third-order valence-corrected chi connectivity index (χ3v) is 3.18. The Bertz CT molecular complexity index is 355. The molecule has 3 N–H and O–H groups in total. The summed E-state index contributed by atoms with van der Waals surface area (Å²) < 4.78 is 0. The number of likely N-dealkylation sites (tertiary alicyclic amines) is 1. The highest BCUT2D eigenvalue weighted by atomic mass is 15.1. The highest BCUT2D eigenvalue weighted by molar-refractivity contribution is 5.32. The lowest BCUT2D eigenvalue weighted by atomic mass is 9.98. The van der Waals surface area contributed by atoms with Gasteiger partial charge < -0.3 is 16.0 Å². The summed E-state index contributed by atoms with van der Waals surface area (Å²) >= 11 is 0. The van der Waals surface area contributed by atoms with Gasteiger partial charge >= 0.3 is 0 Å². The van der Waals surface area contributed by atoms with Crippen LogP contribution in [-0.4, -0.2) is 41.5 Å². The van der Waals surface area contributed by atoms with Crippen LogP contribution in [0.15, 0.2) is 12.3 Å². The molecule has 0 amide bonds. The Balaban J connectivity index is 1.84. The number of rotatable bonds is 4. The third kappa shape index (κ3) is 3.64. The Labute approximate surface area is 102 Å². The van der Waals surface area contributed by atoms with Gasteiger partial charge in [-0.2, -0.15) is 0 Å². The third-order valence-electron chi connectivity index (χ3n) is 3.18. The lowest BCUT2D eigenvalue weighted by Crippen LogP contribution is -2.35. The molecule has 0 aromatic carbocycles. The van der Waals surface area contributed by atoms with Crippen molar-refractivity contribution in [3.8, 4) is 0 Å². The summed E-state index contributed by atoms with van der Waals surface area (Å²) in [5.74, 6) is 2.29. The van der Waals surface area contributed by atoms with Crippen molar-refractivity contribution >= 4 is 5.82 Å². The van der Waals surface area contributed by atoms with Crippen molar-refractivity contribution in [1.29, 1.82) is 0 Å². The Hall–Kier alpha value is -1.20.